The maximum absolute atomic E-state index is 12.4. The molecule has 1 fully saturated rings. The highest BCUT2D eigenvalue weighted by Gasteiger charge is 2.33. The summed E-state index contributed by atoms with van der Waals surface area (Å²) in [5, 5.41) is 13.2. The SMILES string of the molecule is CNc1cc(C2CC(NC(=O)c3cc(-c4ccc(C)s4)[nH]n3)C2)ncn1. The Bertz CT molecular complexity index is 927. The highest BCUT2D eigenvalue weighted by molar-refractivity contribution is 7.15. The lowest BCUT2D eigenvalue weighted by Crippen LogP contribution is -2.43. The number of thiophene rings is 1. The molecular formula is C18H20N6OS. The fraction of sp³-hybridized carbons (Fsp3) is 0.333. The predicted molar refractivity (Wildman–Crippen MR) is 101 cm³/mol. The van der Waals surface area contributed by atoms with Gasteiger partial charge in [0.1, 0.15) is 12.1 Å². The second-order valence-corrected chi connectivity index (χ2v) is 7.78. The Hall–Kier alpha value is -2.74. The molecule has 134 valence electrons. The zero-order valence-corrected chi connectivity index (χ0v) is 15.4. The van der Waals surface area contributed by atoms with E-state index < -0.39 is 0 Å². The summed E-state index contributed by atoms with van der Waals surface area (Å²) in [5.74, 6) is 1.04. The van der Waals surface area contributed by atoms with Crippen molar-refractivity contribution in [2.24, 2.45) is 0 Å². The number of nitrogens with zero attached hydrogens (tertiary/aromatic N) is 3. The van der Waals surface area contributed by atoms with Crippen LogP contribution in [0.2, 0.25) is 0 Å². The van der Waals surface area contributed by atoms with Crippen molar-refractivity contribution in [1.29, 1.82) is 0 Å². The first-order chi connectivity index (χ1) is 12.6. The number of aromatic nitrogens is 4. The van der Waals surface area contributed by atoms with Gasteiger partial charge in [-0.05, 0) is 38.0 Å². The number of H-pyrrole nitrogens is 1. The summed E-state index contributed by atoms with van der Waals surface area (Å²) in [6.07, 6.45) is 3.34. The number of hydrogen-bond acceptors (Lipinski definition) is 6. The van der Waals surface area contributed by atoms with E-state index in [9.17, 15) is 4.79 Å². The van der Waals surface area contributed by atoms with E-state index >= 15 is 0 Å². The molecule has 0 unspecified atom stereocenters. The van der Waals surface area contributed by atoms with Crippen molar-refractivity contribution in [2.75, 3.05) is 12.4 Å². The average Bonchev–Trinajstić information content (AvgIpc) is 3.26. The quantitative estimate of drug-likeness (QED) is 0.643. The van der Waals surface area contributed by atoms with Crippen LogP contribution in [0, 0.1) is 6.92 Å². The van der Waals surface area contributed by atoms with Gasteiger partial charge in [0, 0.05) is 35.6 Å². The predicted octanol–water partition coefficient (Wildman–Crippen LogP) is 2.95. The van der Waals surface area contributed by atoms with Crippen LogP contribution in [-0.4, -0.2) is 39.2 Å². The zero-order chi connectivity index (χ0) is 18.1. The van der Waals surface area contributed by atoms with Gasteiger partial charge in [-0.1, -0.05) is 0 Å². The molecule has 26 heavy (non-hydrogen) atoms. The van der Waals surface area contributed by atoms with Crippen LogP contribution < -0.4 is 10.6 Å². The van der Waals surface area contributed by atoms with Gasteiger partial charge in [-0.25, -0.2) is 9.97 Å². The molecule has 0 atom stereocenters. The molecule has 0 radical (unpaired) electrons. The van der Waals surface area contributed by atoms with Gasteiger partial charge in [0.05, 0.1) is 10.6 Å². The van der Waals surface area contributed by atoms with Crippen molar-refractivity contribution in [3.63, 3.8) is 0 Å². The molecular weight excluding hydrogens is 348 g/mol. The van der Waals surface area contributed by atoms with E-state index in [1.54, 1.807) is 23.7 Å². The summed E-state index contributed by atoms with van der Waals surface area (Å²) >= 11 is 1.68. The normalized spacial score (nSPS) is 19.0. The standard InChI is InChI=1S/C18H20N6OS/c1-10-3-4-16(26-10)14-7-15(24-23-14)18(25)22-12-5-11(6-12)13-8-17(19-2)21-9-20-13/h3-4,7-9,11-12H,5-6H2,1-2H3,(H,22,25)(H,23,24)(H,19,20,21). The number of aryl methyl sites for hydroxylation is 1. The van der Waals surface area contributed by atoms with E-state index in [-0.39, 0.29) is 11.9 Å². The van der Waals surface area contributed by atoms with Gasteiger partial charge in [-0.2, -0.15) is 5.10 Å². The molecule has 1 amide bonds. The van der Waals surface area contributed by atoms with Crippen LogP contribution in [-0.2, 0) is 0 Å². The lowest BCUT2D eigenvalue weighted by Gasteiger charge is -2.35. The van der Waals surface area contributed by atoms with Gasteiger partial charge in [-0.3, -0.25) is 9.89 Å². The molecule has 0 aromatic carbocycles. The van der Waals surface area contributed by atoms with Crippen LogP contribution in [0.25, 0.3) is 10.6 Å². The van der Waals surface area contributed by atoms with E-state index in [0.717, 1.165) is 34.9 Å². The molecule has 3 heterocycles. The lowest BCUT2D eigenvalue weighted by atomic mass is 9.78. The van der Waals surface area contributed by atoms with E-state index in [2.05, 4.69) is 43.8 Å². The molecule has 1 saturated carbocycles. The number of aromatic amines is 1. The van der Waals surface area contributed by atoms with Crippen molar-refractivity contribution in [2.45, 2.75) is 31.7 Å². The third-order valence-corrected chi connectivity index (χ3v) is 5.69. The molecule has 3 N–H and O–H groups in total. The Morgan fingerprint density at radius 1 is 1.27 bits per heavy atom. The first-order valence-electron chi connectivity index (χ1n) is 8.55. The number of hydrogen-bond donors (Lipinski definition) is 3. The largest absolute Gasteiger partial charge is 0.373 e. The topological polar surface area (TPSA) is 95.6 Å². The van der Waals surface area contributed by atoms with Crippen molar-refractivity contribution >= 4 is 23.1 Å². The minimum Gasteiger partial charge on any atom is -0.373 e. The number of rotatable bonds is 5. The summed E-state index contributed by atoms with van der Waals surface area (Å²) in [5.41, 5.74) is 2.32. The fourth-order valence-electron chi connectivity index (χ4n) is 3.11. The Kier molecular flexibility index (Phi) is 4.42. The average molecular weight is 368 g/mol. The number of carbonyl (C=O) groups is 1. The number of nitrogens with one attached hydrogen (secondary N) is 3. The molecule has 7 nitrogen and oxygen atoms in total. The molecule has 4 rings (SSSR count). The van der Waals surface area contributed by atoms with Gasteiger partial charge in [0.25, 0.3) is 5.91 Å². The lowest BCUT2D eigenvalue weighted by molar-refractivity contribution is 0.0903. The molecule has 0 bridgehead atoms. The third-order valence-electron chi connectivity index (χ3n) is 4.65. The van der Waals surface area contributed by atoms with E-state index in [4.69, 9.17) is 0 Å². The van der Waals surface area contributed by atoms with E-state index in [1.165, 1.54) is 4.88 Å². The minimum atomic E-state index is -0.136. The highest BCUT2D eigenvalue weighted by atomic mass is 32.1. The van der Waals surface area contributed by atoms with Gasteiger partial charge < -0.3 is 10.6 Å². The van der Waals surface area contributed by atoms with Gasteiger partial charge in [0.2, 0.25) is 0 Å². The summed E-state index contributed by atoms with van der Waals surface area (Å²) in [6.45, 7) is 2.06. The second-order valence-electron chi connectivity index (χ2n) is 6.49. The summed E-state index contributed by atoms with van der Waals surface area (Å²) in [4.78, 5) is 23.2. The number of amides is 1. The maximum atomic E-state index is 12.4. The molecule has 1 aliphatic carbocycles. The molecule has 3 aromatic rings. The second kappa shape index (κ2) is 6.87. The Balaban J connectivity index is 1.34. The zero-order valence-electron chi connectivity index (χ0n) is 14.6. The van der Waals surface area contributed by atoms with Crippen LogP contribution in [0.15, 0.2) is 30.6 Å². The van der Waals surface area contributed by atoms with Crippen molar-refractivity contribution in [3.8, 4) is 10.6 Å². The smallest absolute Gasteiger partial charge is 0.272 e. The van der Waals surface area contributed by atoms with Crippen LogP contribution in [0.5, 0.6) is 0 Å². The maximum Gasteiger partial charge on any atom is 0.272 e. The van der Waals surface area contributed by atoms with E-state index in [1.807, 2.05) is 19.2 Å². The number of anilines is 1. The monoisotopic (exact) mass is 368 g/mol. The molecule has 0 saturated heterocycles. The minimum absolute atomic E-state index is 0.136. The van der Waals surface area contributed by atoms with Gasteiger partial charge >= 0.3 is 0 Å². The third kappa shape index (κ3) is 3.32. The van der Waals surface area contributed by atoms with Crippen molar-refractivity contribution < 1.29 is 4.79 Å². The summed E-state index contributed by atoms with van der Waals surface area (Å²) in [7, 11) is 1.84. The Morgan fingerprint density at radius 3 is 2.85 bits per heavy atom. The van der Waals surface area contributed by atoms with Crippen molar-refractivity contribution in [3.05, 3.63) is 46.9 Å². The summed E-state index contributed by atoms with van der Waals surface area (Å²) in [6, 6.07) is 8.02. The molecule has 1 aliphatic rings. The molecule has 8 heteroatoms. The van der Waals surface area contributed by atoms with Crippen LogP contribution >= 0.6 is 11.3 Å². The number of carbonyl (C=O) groups excluding carboxylic acids is 1. The molecule has 0 spiro atoms. The van der Waals surface area contributed by atoms with Crippen molar-refractivity contribution in [1.82, 2.24) is 25.5 Å². The van der Waals surface area contributed by atoms with Crippen LogP contribution in [0.4, 0.5) is 5.82 Å². The fourth-order valence-corrected chi connectivity index (χ4v) is 3.95. The van der Waals surface area contributed by atoms with E-state index in [0.29, 0.717) is 11.6 Å². The van der Waals surface area contributed by atoms with Crippen LogP contribution in [0.3, 0.4) is 0 Å². The summed E-state index contributed by atoms with van der Waals surface area (Å²) < 4.78 is 0. The first kappa shape index (κ1) is 16.7. The highest BCUT2D eigenvalue weighted by Crippen LogP contribution is 2.36. The molecule has 3 aromatic heterocycles. The first-order valence-corrected chi connectivity index (χ1v) is 9.37. The molecule has 0 aliphatic heterocycles. The van der Waals surface area contributed by atoms with Gasteiger partial charge in [0.15, 0.2) is 5.69 Å². The Morgan fingerprint density at radius 2 is 2.12 bits per heavy atom. The van der Waals surface area contributed by atoms with Gasteiger partial charge in [-0.15, -0.1) is 11.3 Å². The van der Waals surface area contributed by atoms with Crippen LogP contribution in [0.1, 0.15) is 39.8 Å². The Labute approximate surface area is 155 Å².